The number of carbonyl (C=O) groups excluding carboxylic acids is 2. The van der Waals surface area contributed by atoms with Gasteiger partial charge < -0.3 is 14.7 Å². The van der Waals surface area contributed by atoms with E-state index in [0.717, 1.165) is 43.2 Å². The van der Waals surface area contributed by atoms with Gasteiger partial charge in [-0.2, -0.15) is 0 Å². The molecule has 2 fully saturated rings. The molecule has 0 unspecified atom stereocenters. The Morgan fingerprint density at radius 2 is 1.74 bits per heavy atom. The van der Waals surface area contributed by atoms with Crippen LogP contribution in [0.1, 0.15) is 75.4 Å². The second-order valence-electron chi connectivity index (χ2n) is 8.54. The SMILES string of the molecule is Cc1nc([C@@H]2CCCCN2C(=O)c2sc(N3CCCC3)nc2C)ncc1C(=O)N(C)C. The van der Waals surface area contributed by atoms with Gasteiger partial charge in [0.15, 0.2) is 11.0 Å². The van der Waals surface area contributed by atoms with Crippen LogP contribution in [-0.2, 0) is 0 Å². The maximum atomic E-state index is 13.5. The van der Waals surface area contributed by atoms with E-state index < -0.39 is 0 Å². The van der Waals surface area contributed by atoms with Crippen molar-refractivity contribution in [3.05, 3.63) is 33.8 Å². The van der Waals surface area contributed by atoms with Gasteiger partial charge in [0.1, 0.15) is 4.88 Å². The maximum absolute atomic E-state index is 13.5. The van der Waals surface area contributed by atoms with Crippen molar-refractivity contribution in [2.75, 3.05) is 38.6 Å². The predicted molar refractivity (Wildman–Crippen MR) is 121 cm³/mol. The Kier molecular flexibility index (Phi) is 6.22. The van der Waals surface area contributed by atoms with E-state index in [1.807, 2.05) is 18.7 Å². The second-order valence-corrected chi connectivity index (χ2v) is 9.52. The highest BCUT2D eigenvalue weighted by atomic mass is 32.1. The van der Waals surface area contributed by atoms with Crippen molar-refractivity contribution >= 4 is 28.3 Å². The Labute approximate surface area is 187 Å². The van der Waals surface area contributed by atoms with Gasteiger partial charge in [-0.1, -0.05) is 11.3 Å². The highest BCUT2D eigenvalue weighted by Crippen LogP contribution is 2.34. The molecule has 9 heteroatoms. The first-order valence-corrected chi connectivity index (χ1v) is 11.8. The van der Waals surface area contributed by atoms with E-state index in [1.54, 1.807) is 20.3 Å². The summed E-state index contributed by atoms with van der Waals surface area (Å²) in [5, 5.41) is 0.950. The lowest BCUT2D eigenvalue weighted by Crippen LogP contribution is -2.39. The summed E-state index contributed by atoms with van der Waals surface area (Å²) >= 11 is 1.50. The number of piperidine rings is 1. The minimum atomic E-state index is -0.180. The molecule has 0 radical (unpaired) electrons. The summed E-state index contributed by atoms with van der Waals surface area (Å²) in [6.45, 7) is 6.45. The fraction of sp³-hybridized carbons (Fsp3) is 0.591. The molecule has 0 saturated carbocycles. The van der Waals surface area contributed by atoms with Crippen LogP contribution in [-0.4, -0.2) is 70.3 Å². The molecule has 2 aliphatic rings. The van der Waals surface area contributed by atoms with Gasteiger partial charge in [0.05, 0.1) is 23.0 Å². The molecule has 0 aromatic carbocycles. The van der Waals surface area contributed by atoms with Gasteiger partial charge >= 0.3 is 0 Å². The fourth-order valence-electron chi connectivity index (χ4n) is 4.29. The summed E-state index contributed by atoms with van der Waals surface area (Å²) in [5.74, 6) is 0.512. The van der Waals surface area contributed by atoms with Crippen molar-refractivity contribution in [2.45, 2.75) is 52.0 Å². The van der Waals surface area contributed by atoms with Crippen LogP contribution in [0.2, 0.25) is 0 Å². The number of hydrogen-bond acceptors (Lipinski definition) is 7. The zero-order valence-electron chi connectivity index (χ0n) is 18.7. The number of aryl methyl sites for hydroxylation is 2. The number of carbonyl (C=O) groups is 2. The Hall–Kier alpha value is -2.55. The van der Waals surface area contributed by atoms with Crippen LogP contribution in [0.25, 0.3) is 0 Å². The first kappa shape index (κ1) is 21.7. The molecular weight excluding hydrogens is 412 g/mol. The van der Waals surface area contributed by atoms with E-state index in [4.69, 9.17) is 4.98 Å². The van der Waals surface area contributed by atoms with Crippen LogP contribution in [0.5, 0.6) is 0 Å². The molecule has 2 amide bonds. The second kappa shape index (κ2) is 8.90. The lowest BCUT2D eigenvalue weighted by molar-refractivity contribution is 0.0602. The number of anilines is 1. The van der Waals surface area contributed by atoms with Crippen molar-refractivity contribution < 1.29 is 9.59 Å². The Bertz CT molecular complexity index is 982. The van der Waals surface area contributed by atoms with E-state index in [2.05, 4.69) is 14.9 Å². The topological polar surface area (TPSA) is 82.5 Å². The van der Waals surface area contributed by atoms with Gasteiger partial charge in [0.25, 0.3) is 11.8 Å². The molecule has 8 nitrogen and oxygen atoms in total. The van der Waals surface area contributed by atoms with Crippen LogP contribution in [0.15, 0.2) is 6.20 Å². The molecule has 0 bridgehead atoms. The maximum Gasteiger partial charge on any atom is 0.266 e. The third-order valence-corrected chi connectivity index (χ3v) is 7.26. The highest BCUT2D eigenvalue weighted by molar-refractivity contribution is 7.17. The molecule has 4 rings (SSSR count). The molecule has 0 spiro atoms. The van der Waals surface area contributed by atoms with Crippen LogP contribution >= 0.6 is 11.3 Å². The first-order valence-electron chi connectivity index (χ1n) is 11.0. The summed E-state index contributed by atoms with van der Waals surface area (Å²) in [4.78, 5) is 46.1. The number of amides is 2. The van der Waals surface area contributed by atoms with Crippen molar-refractivity contribution in [3.8, 4) is 0 Å². The number of thiazole rings is 1. The quantitative estimate of drug-likeness (QED) is 0.723. The van der Waals surface area contributed by atoms with E-state index in [-0.39, 0.29) is 17.9 Å². The lowest BCUT2D eigenvalue weighted by Gasteiger charge is -2.34. The molecule has 2 aromatic heterocycles. The van der Waals surface area contributed by atoms with Crippen molar-refractivity contribution in [3.63, 3.8) is 0 Å². The number of likely N-dealkylation sites (tertiary alicyclic amines) is 1. The zero-order chi connectivity index (χ0) is 22.1. The van der Waals surface area contributed by atoms with Gasteiger partial charge in [0.2, 0.25) is 0 Å². The molecule has 0 aliphatic carbocycles. The van der Waals surface area contributed by atoms with Gasteiger partial charge in [-0.3, -0.25) is 9.59 Å². The first-order chi connectivity index (χ1) is 14.9. The summed E-state index contributed by atoms with van der Waals surface area (Å²) in [6.07, 6.45) is 6.77. The van der Waals surface area contributed by atoms with E-state index in [9.17, 15) is 9.59 Å². The van der Waals surface area contributed by atoms with E-state index >= 15 is 0 Å². The monoisotopic (exact) mass is 442 g/mol. The largest absolute Gasteiger partial charge is 0.348 e. The van der Waals surface area contributed by atoms with Crippen molar-refractivity contribution in [1.29, 1.82) is 0 Å². The molecule has 2 aromatic rings. The molecule has 1 atom stereocenters. The Balaban J connectivity index is 1.60. The normalized spacial score (nSPS) is 19.0. The zero-order valence-corrected chi connectivity index (χ0v) is 19.5. The summed E-state index contributed by atoms with van der Waals surface area (Å²) in [6, 6.07) is -0.180. The molecule has 31 heavy (non-hydrogen) atoms. The third kappa shape index (κ3) is 4.28. The van der Waals surface area contributed by atoms with E-state index in [1.165, 1.54) is 29.1 Å². The molecular formula is C22H30N6O2S. The lowest BCUT2D eigenvalue weighted by atomic mass is 10.0. The number of rotatable bonds is 4. The van der Waals surface area contributed by atoms with Crippen molar-refractivity contribution in [1.82, 2.24) is 24.8 Å². The average Bonchev–Trinajstić information content (AvgIpc) is 3.42. The summed E-state index contributed by atoms with van der Waals surface area (Å²) in [7, 11) is 3.43. The minimum Gasteiger partial charge on any atom is -0.348 e. The third-order valence-electron chi connectivity index (χ3n) is 6.05. The smallest absolute Gasteiger partial charge is 0.266 e. The van der Waals surface area contributed by atoms with Crippen molar-refractivity contribution in [2.24, 2.45) is 0 Å². The van der Waals surface area contributed by atoms with Gasteiger partial charge in [0, 0.05) is 39.9 Å². The van der Waals surface area contributed by atoms with Crippen LogP contribution in [0.3, 0.4) is 0 Å². The highest BCUT2D eigenvalue weighted by Gasteiger charge is 2.33. The number of nitrogens with zero attached hydrogens (tertiary/aromatic N) is 6. The molecule has 0 N–H and O–H groups in total. The van der Waals surface area contributed by atoms with Crippen LogP contribution < -0.4 is 4.90 Å². The average molecular weight is 443 g/mol. The molecule has 4 heterocycles. The minimum absolute atomic E-state index is 0.0137. The number of aromatic nitrogens is 3. The summed E-state index contributed by atoms with van der Waals surface area (Å²) < 4.78 is 0. The van der Waals surface area contributed by atoms with Gasteiger partial charge in [-0.05, 0) is 46.0 Å². The van der Waals surface area contributed by atoms with E-state index in [0.29, 0.717) is 28.5 Å². The van der Waals surface area contributed by atoms with Crippen LogP contribution in [0, 0.1) is 13.8 Å². The molecule has 2 aliphatic heterocycles. The molecule has 166 valence electrons. The van der Waals surface area contributed by atoms with Gasteiger partial charge in [-0.15, -0.1) is 0 Å². The molecule has 2 saturated heterocycles. The van der Waals surface area contributed by atoms with Gasteiger partial charge in [-0.25, -0.2) is 15.0 Å². The number of hydrogen-bond donors (Lipinski definition) is 0. The Morgan fingerprint density at radius 1 is 1.03 bits per heavy atom. The fourth-order valence-corrected chi connectivity index (χ4v) is 5.37. The predicted octanol–water partition coefficient (Wildman–Crippen LogP) is 3.22. The standard InChI is InChI=1S/C22H30N6O2S/c1-14-16(20(29)26(3)4)13-23-19(24-14)17-9-5-6-12-28(17)21(30)18-15(2)25-22(31-18)27-10-7-8-11-27/h13,17H,5-12H2,1-4H3/t17-/m0/s1. The van der Waals surface area contributed by atoms with Crippen LogP contribution in [0.4, 0.5) is 5.13 Å². The summed E-state index contributed by atoms with van der Waals surface area (Å²) in [5.41, 5.74) is 1.94. The Morgan fingerprint density at radius 3 is 2.42 bits per heavy atom.